The lowest BCUT2D eigenvalue weighted by molar-refractivity contribution is -0.121. The van der Waals surface area contributed by atoms with Crippen LogP contribution < -0.4 is 10.6 Å². The fraction of sp³-hybridized carbons (Fsp3) is 0.500. The number of hydrogen-bond acceptors (Lipinski definition) is 2. The molecule has 4 heteroatoms. The van der Waals surface area contributed by atoms with E-state index in [0.29, 0.717) is 12.5 Å². The van der Waals surface area contributed by atoms with Gasteiger partial charge in [0.2, 0.25) is 5.91 Å². The second-order valence-corrected chi connectivity index (χ2v) is 5.64. The van der Waals surface area contributed by atoms with E-state index in [0.717, 1.165) is 36.8 Å². The molecule has 1 saturated heterocycles. The fourth-order valence-electron chi connectivity index (χ4n) is 2.22. The molecule has 18 heavy (non-hydrogen) atoms. The van der Waals surface area contributed by atoms with E-state index in [1.165, 1.54) is 5.56 Å². The molecule has 0 saturated carbocycles. The summed E-state index contributed by atoms with van der Waals surface area (Å²) in [5.41, 5.74) is 1.20. The van der Waals surface area contributed by atoms with Gasteiger partial charge in [0.15, 0.2) is 0 Å². The van der Waals surface area contributed by atoms with Crippen molar-refractivity contribution in [2.45, 2.75) is 31.7 Å². The molecular formula is C14H19BrN2O. The summed E-state index contributed by atoms with van der Waals surface area (Å²) in [4.78, 5) is 11.8. The third-order valence-electron chi connectivity index (χ3n) is 3.23. The zero-order valence-electron chi connectivity index (χ0n) is 10.4. The first kappa shape index (κ1) is 13.6. The van der Waals surface area contributed by atoms with Gasteiger partial charge in [0.05, 0.1) is 0 Å². The first-order chi connectivity index (χ1) is 8.74. The first-order valence-electron chi connectivity index (χ1n) is 6.48. The van der Waals surface area contributed by atoms with Crippen molar-refractivity contribution in [3.8, 4) is 0 Å². The summed E-state index contributed by atoms with van der Waals surface area (Å²) < 4.78 is 1.07. The van der Waals surface area contributed by atoms with Crippen molar-refractivity contribution in [3.63, 3.8) is 0 Å². The highest BCUT2D eigenvalue weighted by molar-refractivity contribution is 9.10. The van der Waals surface area contributed by atoms with Crippen LogP contribution in [-0.4, -0.2) is 25.0 Å². The summed E-state index contributed by atoms with van der Waals surface area (Å²) in [6.45, 7) is 2.02. The Bertz CT molecular complexity index is 403. The third-order valence-corrected chi connectivity index (χ3v) is 3.73. The standard InChI is InChI=1S/C14H19BrN2O/c15-12-3-1-2-11(10-12)4-5-14(18)17-13-6-8-16-9-7-13/h1-3,10,13,16H,4-9H2,(H,17,18). The molecule has 1 aromatic rings. The molecule has 0 aromatic heterocycles. The van der Waals surface area contributed by atoms with Crippen molar-refractivity contribution >= 4 is 21.8 Å². The second-order valence-electron chi connectivity index (χ2n) is 4.72. The van der Waals surface area contributed by atoms with E-state index in [1.54, 1.807) is 0 Å². The van der Waals surface area contributed by atoms with Crippen molar-refractivity contribution in [2.75, 3.05) is 13.1 Å². The Labute approximate surface area is 116 Å². The Morgan fingerprint density at radius 1 is 1.39 bits per heavy atom. The molecule has 1 amide bonds. The van der Waals surface area contributed by atoms with E-state index in [2.05, 4.69) is 38.7 Å². The fourth-order valence-corrected chi connectivity index (χ4v) is 2.66. The van der Waals surface area contributed by atoms with E-state index in [9.17, 15) is 4.79 Å². The maximum absolute atomic E-state index is 11.8. The van der Waals surface area contributed by atoms with Crippen molar-refractivity contribution < 1.29 is 4.79 Å². The normalized spacial score (nSPS) is 16.5. The molecule has 0 bridgehead atoms. The van der Waals surface area contributed by atoms with E-state index in [4.69, 9.17) is 0 Å². The minimum atomic E-state index is 0.168. The second kappa shape index (κ2) is 6.90. The maximum Gasteiger partial charge on any atom is 0.220 e. The van der Waals surface area contributed by atoms with Gasteiger partial charge in [-0.15, -0.1) is 0 Å². The van der Waals surface area contributed by atoms with Crippen LogP contribution in [0, 0.1) is 0 Å². The van der Waals surface area contributed by atoms with Crippen molar-refractivity contribution in [3.05, 3.63) is 34.3 Å². The van der Waals surface area contributed by atoms with Crippen LogP contribution in [0.25, 0.3) is 0 Å². The Hall–Kier alpha value is -0.870. The third kappa shape index (κ3) is 4.42. The molecule has 0 unspecified atom stereocenters. The number of amides is 1. The lowest BCUT2D eigenvalue weighted by Crippen LogP contribution is -2.42. The van der Waals surface area contributed by atoms with Gasteiger partial charge < -0.3 is 10.6 Å². The highest BCUT2D eigenvalue weighted by Crippen LogP contribution is 2.13. The molecule has 2 N–H and O–H groups in total. The average Bonchev–Trinajstić information content (AvgIpc) is 2.38. The number of hydrogen-bond donors (Lipinski definition) is 2. The maximum atomic E-state index is 11.8. The number of halogens is 1. The number of nitrogens with one attached hydrogen (secondary N) is 2. The molecule has 1 aromatic carbocycles. The highest BCUT2D eigenvalue weighted by Gasteiger charge is 2.14. The number of carbonyl (C=O) groups excluding carboxylic acids is 1. The van der Waals surface area contributed by atoms with Crippen LogP contribution >= 0.6 is 15.9 Å². The molecule has 98 valence electrons. The van der Waals surface area contributed by atoms with Gasteiger partial charge >= 0.3 is 0 Å². The van der Waals surface area contributed by atoms with Crippen molar-refractivity contribution in [1.82, 2.24) is 10.6 Å². The zero-order valence-corrected chi connectivity index (χ0v) is 12.0. The molecule has 1 aliphatic heterocycles. The number of rotatable bonds is 4. The zero-order chi connectivity index (χ0) is 12.8. The molecule has 1 fully saturated rings. The van der Waals surface area contributed by atoms with Crippen LogP contribution in [0.3, 0.4) is 0 Å². The van der Waals surface area contributed by atoms with E-state index in [1.807, 2.05) is 12.1 Å². The summed E-state index contributed by atoms with van der Waals surface area (Å²) >= 11 is 3.44. The summed E-state index contributed by atoms with van der Waals surface area (Å²) in [5.74, 6) is 0.168. The van der Waals surface area contributed by atoms with Crippen LogP contribution in [0.4, 0.5) is 0 Å². The number of piperidine rings is 1. The van der Waals surface area contributed by atoms with Gasteiger partial charge in [-0.2, -0.15) is 0 Å². The van der Waals surface area contributed by atoms with Crippen LogP contribution in [0.1, 0.15) is 24.8 Å². The average molecular weight is 311 g/mol. The minimum Gasteiger partial charge on any atom is -0.353 e. The Morgan fingerprint density at radius 3 is 2.89 bits per heavy atom. The molecular weight excluding hydrogens is 292 g/mol. The topological polar surface area (TPSA) is 41.1 Å². The highest BCUT2D eigenvalue weighted by atomic mass is 79.9. The summed E-state index contributed by atoms with van der Waals surface area (Å²) in [6, 6.07) is 8.49. The monoisotopic (exact) mass is 310 g/mol. The smallest absolute Gasteiger partial charge is 0.220 e. The van der Waals surface area contributed by atoms with Crippen LogP contribution in [0.15, 0.2) is 28.7 Å². The van der Waals surface area contributed by atoms with Crippen LogP contribution in [0.2, 0.25) is 0 Å². The molecule has 0 aliphatic carbocycles. The summed E-state index contributed by atoms with van der Waals surface area (Å²) in [7, 11) is 0. The van der Waals surface area contributed by atoms with Gasteiger partial charge in [0, 0.05) is 16.9 Å². The minimum absolute atomic E-state index is 0.168. The largest absolute Gasteiger partial charge is 0.353 e. The lowest BCUT2D eigenvalue weighted by Gasteiger charge is -2.23. The predicted molar refractivity (Wildman–Crippen MR) is 76.5 cm³/mol. The van der Waals surface area contributed by atoms with E-state index < -0.39 is 0 Å². The molecule has 3 nitrogen and oxygen atoms in total. The van der Waals surface area contributed by atoms with Crippen molar-refractivity contribution in [1.29, 1.82) is 0 Å². The Morgan fingerprint density at radius 2 is 2.17 bits per heavy atom. The molecule has 0 atom stereocenters. The number of benzene rings is 1. The van der Waals surface area contributed by atoms with Gasteiger partial charge in [-0.25, -0.2) is 0 Å². The summed E-state index contributed by atoms with van der Waals surface area (Å²) in [5, 5.41) is 6.41. The van der Waals surface area contributed by atoms with Gasteiger partial charge in [-0.1, -0.05) is 28.1 Å². The van der Waals surface area contributed by atoms with E-state index >= 15 is 0 Å². The SMILES string of the molecule is O=C(CCc1cccc(Br)c1)NC1CCNCC1. The number of carbonyl (C=O) groups is 1. The Balaban J connectivity index is 1.74. The van der Waals surface area contributed by atoms with Crippen LogP contribution in [0.5, 0.6) is 0 Å². The quantitative estimate of drug-likeness (QED) is 0.895. The van der Waals surface area contributed by atoms with E-state index in [-0.39, 0.29) is 5.91 Å². The van der Waals surface area contributed by atoms with Crippen molar-refractivity contribution in [2.24, 2.45) is 0 Å². The first-order valence-corrected chi connectivity index (χ1v) is 7.28. The van der Waals surface area contributed by atoms with Gasteiger partial charge in [0.1, 0.15) is 0 Å². The lowest BCUT2D eigenvalue weighted by atomic mass is 10.1. The van der Waals surface area contributed by atoms with Gasteiger partial charge in [-0.05, 0) is 50.0 Å². The van der Waals surface area contributed by atoms with Crippen LogP contribution in [-0.2, 0) is 11.2 Å². The Kier molecular flexibility index (Phi) is 5.20. The molecule has 0 spiro atoms. The molecule has 2 rings (SSSR count). The molecule has 1 heterocycles. The summed E-state index contributed by atoms with van der Waals surface area (Å²) in [6.07, 6.45) is 3.46. The van der Waals surface area contributed by atoms with Gasteiger partial charge in [-0.3, -0.25) is 4.79 Å². The molecule has 0 radical (unpaired) electrons. The molecule has 1 aliphatic rings. The number of aryl methyl sites for hydroxylation is 1. The van der Waals surface area contributed by atoms with Gasteiger partial charge in [0.25, 0.3) is 0 Å². The predicted octanol–water partition coefficient (Wildman–Crippen LogP) is 2.25.